The maximum absolute atomic E-state index is 12.7. The summed E-state index contributed by atoms with van der Waals surface area (Å²) in [5.74, 6) is -1.05. The Balaban J connectivity index is 4.24. The fraction of sp³-hybridized carbons (Fsp3) is 0.537. The highest BCUT2D eigenvalue weighted by atomic mass is 16.6. The van der Waals surface area contributed by atoms with Gasteiger partial charge in [0, 0.05) is 19.3 Å². The summed E-state index contributed by atoms with van der Waals surface area (Å²) in [6, 6.07) is 0. The van der Waals surface area contributed by atoms with Gasteiger partial charge >= 0.3 is 17.9 Å². The molecule has 0 aliphatic carbocycles. The molecule has 0 spiro atoms. The van der Waals surface area contributed by atoms with Gasteiger partial charge in [0.1, 0.15) is 13.2 Å². The summed E-state index contributed by atoms with van der Waals surface area (Å²) in [4.78, 5) is 37.8. The van der Waals surface area contributed by atoms with Gasteiger partial charge in [-0.05, 0) is 122 Å². The Kier molecular flexibility index (Phi) is 55.1. The number of esters is 3. The maximum Gasteiger partial charge on any atom is 0.306 e. The van der Waals surface area contributed by atoms with Crippen LogP contribution in [0.25, 0.3) is 0 Å². The first kappa shape index (κ1) is 67.8. The van der Waals surface area contributed by atoms with Crippen LogP contribution in [0.2, 0.25) is 0 Å². The van der Waals surface area contributed by atoms with Crippen molar-refractivity contribution in [1.29, 1.82) is 0 Å². The second kappa shape index (κ2) is 59.3. The molecule has 0 aliphatic rings. The highest BCUT2D eigenvalue weighted by Gasteiger charge is 2.19. The monoisotopic (exact) mass is 1000 g/mol. The van der Waals surface area contributed by atoms with E-state index in [1.807, 2.05) is 12.2 Å². The normalized spacial score (nSPS) is 13.4. The fourth-order valence-electron chi connectivity index (χ4n) is 7.01. The van der Waals surface area contributed by atoms with E-state index in [-0.39, 0.29) is 31.6 Å². The number of hydrogen-bond donors (Lipinski definition) is 0. The predicted molar refractivity (Wildman–Crippen MR) is 315 cm³/mol. The zero-order valence-corrected chi connectivity index (χ0v) is 46.3. The van der Waals surface area contributed by atoms with Crippen molar-refractivity contribution >= 4 is 17.9 Å². The van der Waals surface area contributed by atoms with Gasteiger partial charge in [-0.2, -0.15) is 0 Å². The van der Waals surface area contributed by atoms with Gasteiger partial charge in [-0.3, -0.25) is 14.4 Å². The lowest BCUT2D eigenvalue weighted by molar-refractivity contribution is -0.166. The lowest BCUT2D eigenvalue weighted by Crippen LogP contribution is -2.30. The minimum atomic E-state index is -0.831. The molecule has 0 saturated heterocycles. The summed E-state index contributed by atoms with van der Waals surface area (Å²) in [5, 5.41) is 0. The Morgan fingerprint density at radius 1 is 0.288 bits per heavy atom. The van der Waals surface area contributed by atoms with Crippen LogP contribution in [-0.2, 0) is 28.6 Å². The summed E-state index contributed by atoms with van der Waals surface area (Å²) in [6.07, 6.45) is 88.2. The van der Waals surface area contributed by atoms with Crippen LogP contribution >= 0.6 is 0 Å². The average Bonchev–Trinajstić information content (AvgIpc) is 3.39. The minimum absolute atomic E-state index is 0.121. The smallest absolute Gasteiger partial charge is 0.306 e. The van der Waals surface area contributed by atoms with E-state index in [9.17, 15) is 14.4 Å². The van der Waals surface area contributed by atoms with E-state index < -0.39 is 12.1 Å². The first-order valence-corrected chi connectivity index (χ1v) is 28.6. The van der Waals surface area contributed by atoms with Crippen molar-refractivity contribution in [2.75, 3.05) is 13.2 Å². The maximum atomic E-state index is 12.7. The van der Waals surface area contributed by atoms with Gasteiger partial charge in [0.25, 0.3) is 0 Å². The summed E-state index contributed by atoms with van der Waals surface area (Å²) < 4.78 is 16.6. The molecule has 73 heavy (non-hydrogen) atoms. The van der Waals surface area contributed by atoms with E-state index in [2.05, 4.69) is 179 Å². The quantitative estimate of drug-likeness (QED) is 0.0261. The molecule has 406 valence electrons. The van der Waals surface area contributed by atoms with Crippen molar-refractivity contribution in [3.05, 3.63) is 170 Å². The molecular formula is C67H102O6. The molecule has 0 saturated carbocycles. The van der Waals surface area contributed by atoms with Crippen LogP contribution in [0.3, 0.4) is 0 Å². The molecule has 0 aromatic heterocycles. The van der Waals surface area contributed by atoms with E-state index in [4.69, 9.17) is 14.2 Å². The van der Waals surface area contributed by atoms with Crippen molar-refractivity contribution in [3.8, 4) is 0 Å². The number of ether oxygens (including phenoxy) is 3. The highest BCUT2D eigenvalue weighted by Crippen LogP contribution is 2.12. The van der Waals surface area contributed by atoms with Crippen molar-refractivity contribution in [2.45, 2.75) is 219 Å². The summed E-state index contributed by atoms with van der Waals surface area (Å²) in [6.45, 7) is 6.25. The number of rotatable bonds is 49. The molecule has 0 radical (unpaired) electrons. The zero-order chi connectivity index (χ0) is 52.9. The Labute approximate surface area is 447 Å². The Morgan fingerprint density at radius 2 is 0.562 bits per heavy atom. The van der Waals surface area contributed by atoms with E-state index in [1.165, 1.54) is 25.7 Å². The highest BCUT2D eigenvalue weighted by molar-refractivity contribution is 5.71. The molecule has 1 atom stereocenters. The third-order valence-corrected chi connectivity index (χ3v) is 11.2. The summed E-state index contributed by atoms with van der Waals surface area (Å²) in [7, 11) is 0. The lowest BCUT2D eigenvalue weighted by Gasteiger charge is -2.18. The topological polar surface area (TPSA) is 78.9 Å². The Hall–Kier alpha value is -5.23. The van der Waals surface area contributed by atoms with E-state index in [1.54, 1.807) is 0 Å². The lowest BCUT2D eigenvalue weighted by atomic mass is 10.1. The van der Waals surface area contributed by atoms with Crippen LogP contribution in [0.1, 0.15) is 213 Å². The molecule has 6 heteroatoms. The van der Waals surface area contributed by atoms with E-state index in [0.29, 0.717) is 19.3 Å². The first-order valence-electron chi connectivity index (χ1n) is 28.6. The second-order valence-electron chi connectivity index (χ2n) is 18.1. The van der Waals surface area contributed by atoms with Gasteiger partial charge in [0.05, 0.1) is 0 Å². The van der Waals surface area contributed by atoms with Crippen LogP contribution < -0.4 is 0 Å². The fourth-order valence-corrected chi connectivity index (χ4v) is 7.01. The molecular weight excluding hydrogens is 901 g/mol. The standard InChI is InChI=1S/C67H102O6/c1-4-7-10-13-16-18-20-22-23-24-25-26-27-28-29-30-31-32-33-34-35-36-37-38-39-40-41-42-43-45-46-48-51-54-57-60-66(69)72-63-64(62-71-65(68)59-56-53-50-15-12-9-6-3)73-67(70)61-58-55-52-49-47-44-21-19-17-14-11-8-5-2/h7-8,10-11,16-19,22-23,25-26,28-29,31-32,34-35,37-38,40-41,43-45,47,52,55,64H,4-6,9,12-15,20-21,24,27,30,33,36,39,42,46,48-51,53-54,56-63H2,1-3H3/b10-7-,11-8-,18-16-,19-17-,23-22-,26-25-,29-28-,32-31-,35-34-,38-37-,41-40-,45-43-,47-44-,55-52-. The van der Waals surface area contributed by atoms with Crippen LogP contribution in [0.5, 0.6) is 0 Å². The molecule has 0 aliphatic heterocycles. The van der Waals surface area contributed by atoms with Gasteiger partial charge in [-0.1, -0.05) is 242 Å². The molecule has 0 N–H and O–H groups in total. The third-order valence-electron chi connectivity index (χ3n) is 11.2. The molecule has 0 aromatic rings. The molecule has 0 rings (SSSR count). The van der Waals surface area contributed by atoms with E-state index >= 15 is 0 Å². The summed E-state index contributed by atoms with van der Waals surface area (Å²) in [5.41, 5.74) is 0. The second-order valence-corrected chi connectivity index (χ2v) is 18.1. The predicted octanol–water partition coefficient (Wildman–Crippen LogP) is 19.5. The van der Waals surface area contributed by atoms with Gasteiger partial charge in [-0.15, -0.1) is 0 Å². The molecule has 0 heterocycles. The molecule has 6 nitrogen and oxygen atoms in total. The van der Waals surface area contributed by atoms with Gasteiger partial charge in [0.15, 0.2) is 6.10 Å². The Bertz CT molecular complexity index is 1720. The average molecular weight is 1000 g/mol. The number of carbonyl (C=O) groups excluding carboxylic acids is 3. The molecule has 0 amide bonds. The van der Waals surface area contributed by atoms with Crippen molar-refractivity contribution in [3.63, 3.8) is 0 Å². The molecule has 0 aromatic carbocycles. The molecule has 1 unspecified atom stereocenters. The van der Waals surface area contributed by atoms with Crippen LogP contribution in [-0.4, -0.2) is 37.2 Å². The third kappa shape index (κ3) is 57.5. The SMILES string of the molecule is CC/C=C\C/C=C\C/C=C\C/C=C\C/C=C\C/C=C\C/C=C\C/C=C\C/C=C\C/C=C\CCCCCCC(=O)OCC(COC(=O)CCCCCCCCC)OC(=O)CC/C=C\C/C=C\C/C=C\C/C=C\CC. The van der Waals surface area contributed by atoms with Gasteiger partial charge in [0.2, 0.25) is 0 Å². The zero-order valence-electron chi connectivity index (χ0n) is 46.3. The Morgan fingerprint density at radius 3 is 0.890 bits per heavy atom. The number of unbranched alkanes of at least 4 members (excludes halogenated alkanes) is 10. The van der Waals surface area contributed by atoms with Crippen LogP contribution in [0.4, 0.5) is 0 Å². The largest absolute Gasteiger partial charge is 0.462 e. The van der Waals surface area contributed by atoms with Crippen molar-refractivity contribution < 1.29 is 28.6 Å². The number of hydrogen-bond acceptors (Lipinski definition) is 6. The van der Waals surface area contributed by atoms with Crippen LogP contribution in [0, 0.1) is 0 Å². The molecule has 0 bridgehead atoms. The van der Waals surface area contributed by atoms with Gasteiger partial charge in [-0.25, -0.2) is 0 Å². The summed E-state index contributed by atoms with van der Waals surface area (Å²) >= 11 is 0. The van der Waals surface area contributed by atoms with Crippen LogP contribution in [0.15, 0.2) is 170 Å². The first-order chi connectivity index (χ1) is 36.0. The van der Waals surface area contributed by atoms with E-state index in [0.717, 1.165) is 141 Å². The van der Waals surface area contributed by atoms with Crippen molar-refractivity contribution in [1.82, 2.24) is 0 Å². The number of allylic oxidation sites excluding steroid dienone is 28. The molecule has 0 fully saturated rings. The van der Waals surface area contributed by atoms with Gasteiger partial charge < -0.3 is 14.2 Å². The number of carbonyl (C=O) groups is 3. The van der Waals surface area contributed by atoms with Crippen molar-refractivity contribution in [2.24, 2.45) is 0 Å². The minimum Gasteiger partial charge on any atom is -0.462 e.